The van der Waals surface area contributed by atoms with Gasteiger partial charge in [-0.3, -0.25) is 0 Å². The maximum Gasteiger partial charge on any atom is 0.417 e. The smallest absolute Gasteiger partial charge is 0.307 e. The summed E-state index contributed by atoms with van der Waals surface area (Å²) in [6.07, 6.45) is -4.85. The van der Waals surface area contributed by atoms with E-state index in [1.54, 1.807) is 49.3 Å². The van der Waals surface area contributed by atoms with Crippen LogP contribution in [0.25, 0.3) is 0 Å². The number of hydrogen-bond donors (Lipinski definition) is 1. The quantitative estimate of drug-likeness (QED) is 0.790. The van der Waals surface area contributed by atoms with Gasteiger partial charge in [0.05, 0.1) is 16.5 Å². The fraction of sp³-hybridized carbons (Fsp3) is 0.294. The van der Waals surface area contributed by atoms with Gasteiger partial charge < -0.3 is 4.90 Å². The van der Waals surface area contributed by atoms with Crippen molar-refractivity contribution < 1.29 is 21.6 Å². The first kappa shape index (κ1) is 20.7. The van der Waals surface area contributed by atoms with Gasteiger partial charge in [0.2, 0.25) is 10.0 Å². The zero-order chi connectivity index (χ0) is 19.5. The molecule has 142 valence electrons. The minimum Gasteiger partial charge on any atom is -0.307 e. The second kappa shape index (κ2) is 7.96. The summed E-state index contributed by atoms with van der Waals surface area (Å²) >= 11 is 5.62. The van der Waals surface area contributed by atoms with Gasteiger partial charge in [-0.1, -0.05) is 41.9 Å². The van der Waals surface area contributed by atoms with Crippen LogP contribution in [0.5, 0.6) is 0 Å². The molecule has 2 rings (SSSR count). The van der Waals surface area contributed by atoms with E-state index in [9.17, 15) is 21.6 Å². The normalized spacial score (nSPS) is 13.8. The fourth-order valence-corrected chi connectivity index (χ4v) is 4.07. The Labute approximate surface area is 155 Å². The first-order valence-corrected chi connectivity index (χ1v) is 9.45. The summed E-state index contributed by atoms with van der Waals surface area (Å²) in [4.78, 5) is 0.890. The lowest BCUT2D eigenvalue weighted by atomic mass is 10.1. The van der Waals surface area contributed by atoms with Crippen LogP contribution in [0.2, 0.25) is 5.02 Å². The molecule has 1 N–H and O–H groups in total. The van der Waals surface area contributed by atoms with Crippen LogP contribution < -0.4 is 4.72 Å². The largest absolute Gasteiger partial charge is 0.417 e. The van der Waals surface area contributed by atoms with Crippen molar-refractivity contribution in [2.24, 2.45) is 0 Å². The molecule has 4 nitrogen and oxygen atoms in total. The van der Waals surface area contributed by atoms with Crippen LogP contribution >= 0.6 is 11.6 Å². The number of sulfonamides is 1. The molecule has 0 saturated heterocycles. The van der Waals surface area contributed by atoms with Gasteiger partial charge in [-0.2, -0.15) is 13.2 Å². The van der Waals surface area contributed by atoms with Gasteiger partial charge in [-0.25, -0.2) is 13.1 Å². The van der Waals surface area contributed by atoms with E-state index in [0.717, 1.165) is 12.1 Å². The summed E-state index contributed by atoms with van der Waals surface area (Å²) < 4.78 is 67.6. The van der Waals surface area contributed by atoms with Crippen molar-refractivity contribution in [3.05, 3.63) is 64.7 Å². The maximum atomic E-state index is 13.3. The monoisotopic (exact) mass is 406 g/mol. The predicted molar refractivity (Wildman–Crippen MR) is 94.5 cm³/mol. The van der Waals surface area contributed by atoms with Gasteiger partial charge in [-0.05, 0) is 37.9 Å². The molecule has 1 atom stereocenters. The lowest BCUT2D eigenvalue weighted by molar-refractivity contribution is -0.139. The molecular weight excluding hydrogens is 389 g/mol. The molecule has 0 fully saturated rings. The highest BCUT2D eigenvalue weighted by atomic mass is 35.5. The van der Waals surface area contributed by atoms with Crippen molar-refractivity contribution in [1.29, 1.82) is 0 Å². The Morgan fingerprint density at radius 3 is 2.27 bits per heavy atom. The minimum absolute atomic E-state index is 0.191. The number of halogens is 4. The average Bonchev–Trinajstić information content (AvgIpc) is 2.53. The van der Waals surface area contributed by atoms with Gasteiger partial charge in [-0.15, -0.1) is 0 Å². The van der Waals surface area contributed by atoms with Crippen molar-refractivity contribution in [3.63, 3.8) is 0 Å². The number of hydrogen-bond acceptors (Lipinski definition) is 3. The highest BCUT2D eigenvalue weighted by molar-refractivity contribution is 7.89. The van der Waals surface area contributed by atoms with Crippen LogP contribution in [0.4, 0.5) is 13.2 Å². The Balaban J connectivity index is 2.46. The summed E-state index contributed by atoms with van der Waals surface area (Å²) in [6.45, 7) is 0.276. The summed E-state index contributed by atoms with van der Waals surface area (Å²) in [6, 6.07) is 10.5. The number of rotatable bonds is 6. The lowest BCUT2D eigenvalue weighted by Crippen LogP contribution is -2.36. The van der Waals surface area contributed by atoms with Gasteiger partial charge in [0.1, 0.15) is 0 Å². The number of benzene rings is 2. The van der Waals surface area contributed by atoms with Crippen LogP contribution in [-0.2, 0) is 16.2 Å². The van der Waals surface area contributed by atoms with Gasteiger partial charge in [0.15, 0.2) is 0 Å². The van der Waals surface area contributed by atoms with E-state index in [2.05, 4.69) is 4.72 Å². The second-order valence-corrected chi connectivity index (χ2v) is 8.10. The molecule has 0 heterocycles. The van der Waals surface area contributed by atoms with Gasteiger partial charge in [0.25, 0.3) is 0 Å². The summed E-state index contributed by atoms with van der Waals surface area (Å²) in [5, 5.41) is -0.191. The Morgan fingerprint density at radius 2 is 1.73 bits per heavy atom. The van der Waals surface area contributed by atoms with E-state index in [1.165, 1.54) is 0 Å². The number of nitrogens with zero attached hydrogens (tertiary/aromatic N) is 1. The van der Waals surface area contributed by atoms with E-state index in [0.29, 0.717) is 11.6 Å². The molecule has 0 amide bonds. The van der Waals surface area contributed by atoms with Crippen molar-refractivity contribution >= 4 is 21.6 Å². The van der Waals surface area contributed by atoms with Crippen molar-refractivity contribution in [2.45, 2.75) is 17.1 Å². The number of alkyl halides is 3. The third kappa shape index (κ3) is 5.20. The van der Waals surface area contributed by atoms with Crippen molar-refractivity contribution in [2.75, 3.05) is 20.6 Å². The third-order valence-corrected chi connectivity index (χ3v) is 5.35. The van der Waals surface area contributed by atoms with Crippen LogP contribution in [0.3, 0.4) is 0 Å². The Bertz CT molecular complexity index is 856. The van der Waals surface area contributed by atoms with E-state index >= 15 is 0 Å². The van der Waals surface area contributed by atoms with Crippen molar-refractivity contribution in [1.82, 2.24) is 9.62 Å². The van der Waals surface area contributed by atoms with E-state index in [4.69, 9.17) is 11.6 Å². The molecular formula is C17H18ClF3N2O2S. The van der Waals surface area contributed by atoms with Crippen molar-refractivity contribution in [3.8, 4) is 0 Å². The zero-order valence-corrected chi connectivity index (χ0v) is 15.7. The predicted octanol–water partition coefficient (Wildman–Crippen LogP) is 3.94. The maximum absolute atomic E-state index is 13.3. The molecule has 9 heteroatoms. The number of likely N-dealkylation sites (N-methyl/N-ethyl adjacent to an activating group) is 1. The molecule has 0 radical (unpaired) electrons. The SMILES string of the molecule is CN(C)C[C@@H](NS(=O)(=O)c1ccc(Cl)cc1C(F)(F)F)c1ccccc1. The molecule has 0 unspecified atom stereocenters. The molecule has 0 aliphatic carbocycles. The lowest BCUT2D eigenvalue weighted by Gasteiger charge is -2.23. The molecule has 2 aromatic carbocycles. The molecule has 2 aromatic rings. The molecule has 0 aliphatic heterocycles. The van der Waals surface area contributed by atoms with E-state index < -0.39 is 32.7 Å². The molecule has 26 heavy (non-hydrogen) atoms. The Hall–Kier alpha value is -1.61. The molecule has 0 aliphatic rings. The standard InChI is InChI=1S/C17H18ClF3N2O2S/c1-23(2)11-15(12-6-4-3-5-7-12)22-26(24,25)16-9-8-13(18)10-14(16)17(19,20)21/h3-10,15,22H,11H2,1-2H3/t15-/m1/s1. The topological polar surface area (TPSA) is 49.4 Å². The highest BCUT2D eigenvalue weighted by Gasteiger charge is 2.38. The number of nitrogens with one attached hydrogen (secondary N) is 1. The third-order valence-electron chi connectivity index (χ3n) is 3.58. The van der Waals surface area contributed by atoms with Gasteiger partial charge >= 0.3 is 6.18 Å². The Morgan fingerprint density at radius 1 is 1.12 bits per heavy atom. The van der Waals surface area contributed by atoms with Crippen LogP contribution in [0, 0.1) is 0 Å². The second-order valence-electron chi connectivity index (χ2n) is 5.99. The highest BCUT2D eigenvalue weighted by Crippen LogP contribution is 2.36. The zero-order valence-electron chi connectivity index (χ0n) is 14.1. The van der Waals surface area contributed by atoms with Crippen LogP contribution in [-0.4, -0.2) is 34.0 Å². The summed E-state index contributed by atoms with van der Waals surface area (Å²) in [7, 11) is -0.952. The average molecular weight is 407 g/mol. The first-order valence-electron chi connectivity index (χ1n) is 7.59. The molecule has 0 bridgehead atoms. The molecule has 0 spiro atoms. The van der Waals surface area contributed by atoms with Crippen LogP contribution in [0.15, 0.2) is 53.4 Å². The van der Waals surface area contributed by atoms with E-state index in [-0.39, 0.29) is 11.6 Å². The van der Waals surface area contributed by atoms with E-state index in [1.807, 2.05) is 0 Å². The Kier molecular flexibility index (Phi) is 6.33. The van der Waals surface area contributed by atoms with Gasteiger partial charge in [0, 0.05) is 11.6 Å². The molecule has 0 aromatic heterocycles. The fourth-order valence-electron chi connectivity index (χ4n) is 2.47. The first-order chi connectivity index (χ1) is 12.0. The minimum atomic E-state index is -4.85. The summed E-state index contributed by atoms with van der Waals surface area (Å²) in [5.41, 5.74) is -0.651. The summed E-state index contributed by atoms with van der Waals surface area (Å²) in [5.74, 6) is 0. The molecule has 0 saturated carbocycles. The van der Waals surface area contributed by atoms with Crippen LogP contribution in [0.1, 0.15) is 17.2 Å².